The molecule has 16 heavy (non-hydrogen) atoms. The Morgan fingerprint density at radius 1 is 1.38 bits per heavy atom. The Morgan fingerprint density at radius 2 is 2.00 bits per heavy atom. The van der Waals surface area contributed by atoms with Gasteiger partial charge in [0.2, 0.25) is 0 Å². The van der Waals surface area contributed by atoms with Crippen molar-refractivity contribution in [1.82, 2.24) is 0 Å². The van der Waals surface area contributed by atoms with Crippen molar-refractivity contribution < 1.29 is 30.0 Å². The molecule has 0 aromatic carbocycles. The van der Waals surface area contributed by atoms with E-state index in [0.717, 1.165) is 0 Å². The number of hydrogen-bond donors (Lipinski definition) is 5. The first-order valence-corrected chi connectivity index (χ1v) is 5.84. The van der Waals surface area contributed by atoms with Gasteiger partial charge in [-0.3, -0.25) is 4.79 Å². The van der Waals surface area contributed by atoms with E-state index in [2.05, 4.69) is 0 Å². The Kier molecular flexibility index (Phi) is 4.96. The Bertz CT molecular complexity index is 253. The minimum atomic E-state index is -1.39. The van der Waals surface area contributed by atoms with Gasteiger partial charge < -0.3 is 30.9 Å². The Balaban J connectivity index is 2.26. The van der Waals surface area contributed by atoms with Crippen molar-refractivity contribution in [2.75, 3.05) is 11.5 Å². The second-order valence-electron chi connectivity index (χ2n) is 3.53. The molecular weight excluding hydrogens is 238 g/mol. The standard InChI is InChI=1S/C8H15NO6S/c9-3(7(12)13)1-16-2-4-5(10)6(11)8(14)15-4/h3-6,8,10-11,14H,1-2,9H2,(H,12,13)/t3-,4-,5-,6-,8-/m1/s1. The molecule has 8 heteroatoms. The van der Waals surface area contributed by atoms with Gasteiger partial charge in [0.25, 0.3) is 0 Å². The number of nitrogens with two attached hydrogens (primary N) is 1. The van der Waals surface area contributed by atoms with E-state index in [9.17, 15) is 15.0 Å². The molecule has 0 spiro atoms. The van der Waals surface area contributed by atoms with E-state index in [1.54, 1.807) is 0 Å². The summed E-state index contributed by atoms with van der Waals surface area (Å²) in [6.07, 6.45) is -4.59. The number of aliphatic hydroxyl groups excluding tert-OH is 3. The number of hydrogen-bond acceptors (Lipinski definition) is 7. The topological polar surface area (TPSA) is 133 Å². The first-order valence-electron chi connectivity index (χ1n) is 4.69. The van der Waals surface area contributed by atoms with E-state index < -0.39 is 36.6 Å². The Labute approximate surface area is 96.2 Å². The lowest BCUT2D eigenvalue weighted by molar-refractivity contribution is -0.137. The van der Waals surface area contributed by atoms with Gasteiger partial charge in [0.05, 0.1) is 6.10 Å². The molecule has 1 aliphatic heterocycles. The van der Waals surface area contributed by atoms with Crippen LogP contribution < -0.4 is 5.73 Å². The maximum Gasteiger partial charge on any atom is 0.321 e. The summed E-state index contributed by atoms with van der Waals surface area (Å²) in [5, 5.41) is 36.2. The minimum Gasteiger partial charge on any atom is -0.480 e. The molecule has 0 aliphatic carbocycles. The third-order valence-corrected chi connectivity index (χ3v) is 3.39. The summed E-state index contributed by atoms with van der Waals surface area (Å²) in [5.74, 6) is -0.662. The van der Waals surface area contributed by atoms with Gasteiger partial charge in [-0.15, -0.1) is 0 Å². The van der Waals surface area contributed by atoms with E-state index in [0.29, 0.717) is 0 Å². The van der Waals surface area contributed by atoms with E-state index in [1.807, 2.05) is 0 Å². The van der Waals surface area contributed by atoms with Crippen LogP contribution in [-0.2, 0) is 9.53 Å². The van der Waals surface area contributed by atoms with Gasteiger partial charge in [0.1, 0.15) is 18.2 Å². The number of ether oxygens (including phenoxy) is 1. The first kappa shape index (κ1) is 13.7. The molecule has 6 N–H and O–H groups in total. The molecule has 1 saturated heterocycles. The number of carboxylic acids is 1. The molecular formula is C8H15NO6S. The van der Waals surface area contributed by atoms with Gasteiger partial charge >= 0.3 is 5.97 Å². The lowest BCUT2D eigenvalue weighted by atomic mass is 10.2. The molecule has 1 fully saturated rings. The zero-order chi connectivity index (χ0) is 12.3. The van der Waals surface area contributed by atoms with Crippen LogP contribution in [0.2, 0.25) is 0 Å². The van der Waals surface area contributed by atoms with E-state index >= 15 is 0 Å². The van der Waals surface area contributed by atoms with Crippen molar-refractivity contribution in [3.63, 3.8) is 0 Å². The van der Waals surface area contributed by atoms with Crippen molar-refractivity contribution in [3.05, 3.63) is 0 Å². The fraction of sp³-hybridized carbons (Fsp3) is 0.875. The molecule has 7 nitrogen and oxygen atoms in total. The van der Waals surface area contributed by atoms with Gasteiger partial charge in [0.15, 0.2) is 6.29 Å². The molecule has 0 saturated carbocycles. The van der Waals surface area contributed by atoms with Gasteiger partial charge in [-0.2, -0.15) is 11.8 Å². The van der Waals surface area contributed by atoms with Crippen molar-refractivity contribution in [2.45, 2.75) is 30.6 Å². The molecule has 0 amide bonds. The summed E-state index contributed by atoms with van der Waals surface area (Å²) in [4.78, 5) is 10.4. The molecule has 0 bridgehead atoms. The van der Waals surface area contributed by atoms with Crippen molar-refractivity contribution in [3.8, 4) is 0 Å². The van der Waals surface area contributed by atoms with E-state index in [4.69, 9.17) is 20.7 Å². The summed E-state index contributed by atoms with van der Waals surface area (Å²) in [5.41, 5.74) is 5.27. The highest BCUT2D eigenvalue weighted by molar-refractivity contribution is 7.99. The highest BCUT2D eigenvalue weighted by atomic mass is 32.2. The number of aliphatic hydroxyl groups is 3. The van der Waals surface area contributed by atoms with Crippen LogP contribution in [-0.4, -0.2) is 68.5 Å². The third-order valence-electron chi connectivity index (χ3n) is 2.23. The summed E-state index contributed by atoms with van der Waals surface area (Å²) in [7, 11) is 0. The Hall–Kier alpha value is -0.380. The molecule has 1 aliphatic rings. The normalized spacial score (nSPS) is 36.2. The predicted octanol–water partition coefficient (Wildman–Crippen LogP) is -2.43. The van der Waals surface area contributed by atoms with E-state index in [-0.39, 0.29) is 11.5 Å². The van der Waals surface area contributed by atoms with Crippen LogP contribution in [0, 0.1) is 0 Å². The third kappa shape index (κ3) is 3.30. The molecule has 0 unspecified atom stereocenters. The predicted molar refractivity (Wildman–Crippen MR) is 55.8 cm³/mol. The number of carbonyl (C=O) groups is 1. The van der Waals surface area contributed by atoms with Crippen molar-refractivity contribution in [2.24, 2.45) is 5.73 Å². The zero-order valence-corrected chi connectivity index (χ0v) is 9.21. The summed E-state index contributed by atoms with van der Waals surface area (Å²) in [6, 6.07) is -0.974. The molecule has 1 heterocycles. The summed E-state index contributed by atoms with van der Waals surface area (Å²) in [6.45, 7) is 0. The number of aliphatic carboxylic acids is 1. The number of rotatable bonds is 5. The van der Waals surface area contributed by atoms with Gasteiger partial charge in [-0.1, -0.05) is 0 Å². The van der Waals surface area contributed by atoms with Crippen LogP contribution in [0.5, 0.6) is 0 Å². The summed E-state index contributed by atoms with van der Waals surface area (Å²) < 4.78 is 4.87. The SMILES string of the molecule is N[C@H](CSC[C@H]1O[C@@H](O)[C@H](O)[C@@H]1O)C(=O)O. The maximum absolute atomic E-state index is 10.4. The lowest BCUT2D eigenvalue weighted by Gasteiger charge is -2.14. The fourth-order valence-electron chi connectivity index (χ4n) is 1.25. The monoisotopic (exact) mass is 253 g/mol. The molecule has 5 atom stereocenters. The van der Waals surface area contributed by atoms with E-state index in [1.165, 1.54) is 11.8 Å². The number of thioether (sulfide) groups is 1. The average Bonchev–Trinajstić information content (AvgIpc) is 2.46. The van der Waals surface area contributed by atoms with Crippen LogP contribution in [0.4, 0.5) is 0 Å². The molecule has 0 aromatic heterocycles. The smallest absolute Gasteiger partial charge is 0.321 e. The second kappa shape index (κ2) is 5.80. The maximum atomic E-state index is 10.4. The molecule has 1 rings (SSSR count). The molecule has 0 aromatic rings. The van der Waals surface area contributed by atoms with Crippen LogP contribution in [0.1, 0.15) is 0 Å². The number of carboxylic acid groups (broad SMARTS) is 1. The quantitative estimate of drug-likeness (QED) is 0.365. The largest absolute Gasteiger partial charge is 0.480 e. The average molecular weight is 253 g/mol. The van der Waals surface area contributed by atoms with Crippen LogP contribution in [0.3, 0.4) is 0 Å². The first-order chi connectivity index (χ1) is 7.43. The highest BCUT2D eigenvalue weighted by Gasteiger charge is 2.41. The van der Waals surface area contributed by atoms with Crippen molar-refractivity contribution >= 4 is 17.7 Å². The van der Waals surface area contributed by atoms with Crippen LogP contribution in [0.15, 0.2) is 0 Å². The van der Waals surface area contributed by atoms with Crippen LogP contribution in [0.25, 0.3) is 0 Å². The zero-order valence-electron chi connectivity index (χ0n) is 8.39. The summed E-state index contributed by atoms with van der Waals surface area (Å²) >= 11 is 1.18. The van der Waals surface area contributed by atoms with Crippen LogP contribution >= 0.6 is 11.8 Å². The van der Waals surface area contributed by atoms with Gasteiger partial charge in [-0.25, -0.2) is 0 Å². The van der Waals surface area contributed by atoms with Crippen molar-refractivity contribution in [1.29, 1.82) is 0 Å². The fourth-order valence-corrected chi connectivity index (χ4v) is 2.29. The Morgan fingerprint density at radius 3 is 2.44 bits per heavy atom. The highest BCUT2D eigenvalue weighted by Crippen LogP contribution is 2.22. The van der Waals surface area contributed by atoms with Gasteiger partial charge in [-0.05, 0) is 0 Å². The minimum absolute atomic E-state index is 0.175. The molecule has 0 radical (unpaired) electrons. The molecule has 94 valence electrons. The second-order valence-corrected chi connectivity index (χ2v) is 4.60. The lowest BCUT2D eigenvalue weighted by Crippen LogP contribution is -2.35. The van der Waals surface area contributed by atoms with Gasteiger partial charge in [0, 0.05) is 11.5 Å².